The third-order valence-corrected chi connectivity index (χ3v) is 6.76. The molecular weight excluding hydrogens is 328 g/mol. The lowest BCUT2D eigenvalue weighted by molar-refractivity contribution is -0.140. The molecular formula is C21H30N2O3. The summed E-state index contributed by atoms with van der Waals surface area (Å²) in [5.41, 5.74) is 2.56. The number of rotatable bonds is 6. The molecule has 0 saturated heterocycles. The normalized spacial score (nSPS) is 33.1. The van der Waals surface area contributed by atoms with Crippen LogP contribution >= 0.6 is 0 Å². The van der Waals surface area contributed by atoms with Crippen LogP contribution in [0, 0.1) is 30.1 Å². The molecule has 5 nitrogen and oxygen atoms in total. The molecule has 1 amide bonds. The molecule has 0 aliphatic heterocycles. The number of benzene rings is 1. The first-order valence-electron chi connectivity index (χ1n) is 9.92. The van der Waals surface area contributed by atoms with Crippen LogP contribution < -0.4 is 10.6 Å². The van der Waals surface area contributed by atoms with Crippen LogP contribution in [-0.2, 0) is 4.79 Å². The summed E-state index contributed by atoms with van der Waals surface area (Å²) >= 11 is 0. The van der Waals surface area contributed by atoms with E-state index in [-0.39, 0.29) is 24.5 Å². The lowest BCUT2D eigenvalue weighted by Crippen LogP contribution is -2.51. The van der Waals surface area contributed by atoms with Gasteiger partial charge < -0.3 is 20.8 Å². The molecule has 1 unspecified atom stereocenters. The summed E-state index contributed by atoms with van der Waals surface area (Å²) in [5, 5.41) is 24.8. The van der Waals surface area contributed by atoms with Crippen molar-refractivity contribution in [1.82, 2.24) is 0 Å². The number of nitrogens with one attached hydrogen (secondary N) is 2. The molecule has 5 rings (SSSR count). The fraction of sp³-hybridized carbons (Fsp3) is 0.667. The highest BCUT2D eigenvalue weighted by Gasteiger charge is 2.54. The number of carbonyl (C=O) groups is 1. The van der Waals surface area contributed by atoms with Crippen molar-refractivity contribution in [3.8, 4) is 0 Å². The van der Waals surface area contributed by atoms with E-state index < -0.39 is 6.10 Å². The number of amides is 1. The van der Waals surface area contributed by atoms with Crippen molar-refractivity contribution in [1.29, 1.82) is 0 Å². The molecule has 4 saturated carbocycles. The summed E-state index contributed by atoms with van der Waals surface area (Å²) in [7, 11) is 0. The molecule has 0 aromatic heterocycles. The number of aliphatic hydroxyl groups is 2. The van der Waals surface area contributed by atoms with E-state index in [0.717, 1.165) is 54.0 Å². The molecule has 1 aromatic carbocycles. The first-order valence-corrected chi connectivity index (χ1v) is 9.92. The van der Waals surface area contributed by atoms with E-state index in [4.69, 9.17) is 5.11 Å². The molecule has 4 aliphatic carbocycles. The van der Waals surface area contributed by atoms with Crippen molar-refractivity contribution in [2.24, 2.45) is 23.2 Å². The molecule has 4 fully saturated rings. The van der Waals surface area contributed by atoms with Gasteiger partial charge in [-0.25, -0.2) is 0 Å². The summed E-state index contributed by atoms with van der Waals surface area (Å²) in [5.74, 6) is 2.45. The minimum atomic E-state index is -0.790. The Morgan fingerprint density at radius 2 is 1.81 bits per heavy atom. The molecule has 4 N–H and O–H groups in total. The van der Waals surface area contributed by atoms with Crippen LogP contribution in [0.2, 0.25) is 0 Å². The van der Waals surface area contributed by atoms with Crippen LogP contribution in [0.5, 0.6) is 0 Å². The van der Waals surface area contributed by atoms with Gasteiger partial charge in [0.1, 0.15) is 0 Å². The largest absolute Gasteiger partial charge is 0.394 e. The van der Waals surface area contributed by atoms with Crippen molar-refractivity contribution < 1.29 is 15.0 Å². The average Bonchev–Trinajstić information content (AvgIpc) is 2.60. The van der Waals surface area contributed by atoms with E-state index in [2.05, 4.69) is 10.6 Å². The summed E-state index contributed by atoms with van der Waals surface area (Å²) in [4.78, 5) is 13.2. The van der Waals surface area contributed by atoms with Gasteiger partial charge in [-0.15, -0.1) is 0 Å². The van der Waals surface area contributed by atoms with Crippen molar-refractivity contribution >= 4 is 17.3 Å². The maximum Gasteiger partial charge on any atom is 0.230 e. The Morgan fingerprint density at radius 3 is 2.38 bits per heavy atom. The number of anilines is 2. The fourth-order valence-electron chi connectivity index (χ4n) is 5.81. The number of hydrogen-bond acceptors (Lipinski definition) is 4. The van der Waals surface area contributed by atoms with Gasteiger partial charge in [-0.3, -0.25) is 4.79 Å². The zero-order valence-corrected chi connectivity index (χ0v) is 15.5. The Kier molecular flexibility index (Phi) is 4.70. The lowest BCUT2D eigenvalue weighted by Gasteiger charge is -2.55. The molecule has 0 heterocycles. The van der Waals surface area contributed by atoms with E-state index in [0.29, 0.717) is 0 Å². The predicted octanol–water partition coefficient (Wildman–Crippen LogP) is 2.92. The van der Waals surface area contributed by atoms with Gasteiger partial charge >= 0.3 is 0 Å². The van der Waals surface area contributed by atoms with Crippen molar-refractivity contribution in [3.05, 3.63) is 23.8 Å². The van der Waals surface area contributed by atoms with Crippen LogP contribution in [0.4, 0.5) is 11.4 Å². The van der Waals surface area contributed by atoms with Gasteiger partial charge in [-0.1, -0.05) is 6.07 Å². The maximum atomic E-state index is 13.2. The molecule has 1 aromatic rings. The van der Waals surface area contributed by atoms with Crippen LogP contribution in [0.1, 0.15) is 44.1 Å². The van der Waals surface area contributed by atoms with Crippen LogP contribution in [-0.4, -0.2) is 35.4 Å². The van der Waals surface area contributed by atoms with E-state index in [9.17, 15) is 9.90 Å². The van der Waals surface area contributed by atoms with E-state index >= 15 is 0 Å². The molecule has 4 aliphatic rings. The van der Waals surface area contributed by atoms with Crippen molar-refractivity contribution in [2.75, 3.05) is 23.8 Å². The highest BCUT2D eigenvalue weighted by Crippen LogP contribution is 2.60. The second-order valence-electron chi connectivity index (χ2n) is 8.90. The van der Waals surface area contributed by atoms with Gasteiger partial charge in [0.2, 0.25) is 5.91 Å². The Balaban J connectivity index is 1.47. The second kappa shape index (κ2) is 6.86. The minimum Gasteiger partial charge on any atom is -0.394 e. The van der Waals surface area contributed by atoms with Crippen LogP contribution in [0.3, 0.4) is 0 Å². The standard InChI is InChI=1S/C21H30N2O3/c1-13-2-3-17(22-11-18(25)12-24)7-19(13)23-20(26)21-8-14-4-15(9-21)6-16(5-14)10-21/h2-3,7,14-16,18,22,24-25H,4-6,8-12H2,1H3,(H,23,26). The first kappa shape index (κ1) is 17.8. The smallest absolute Gasteiger partial charge is 0.230 e. The second-order valence-corrected chi connectivity index (χ2v) is 8.90. The lowest BCUT2D eigenvalue weighted by atomic mass is 9.49. The fourth-order valence-corrected chi connectivity index (χ4v) is 5.81. The molecule has 26 heavy (non-hydrogen) atoms. The topological polar surface area (TPSA) is 81.6 Å². The summed E-state index contributed by atoms with van der Waals surface area (Å²) in [6.07, 6.45) is 6.38. The highest BCUT2D eigenvalue weighted by molar-refractivity contribution is 5.96. The van der Waals surface area contributed by atoms with Gasteiger partial charge in [0.25, 0.3) is 0 Å². The molecule has 0 radical (unpaired) electrons. The zero-order chi connectivity index (χ0) is 18.3. The molecule has 0 spiro atoms. The van der Waals surface area contributed by atoms with Gasteiger partial charge in [-0.05, 0) is 80.9 Å². The summed E-state index contributed by atoms with van der Waals surface area (Å²) in [6.45, 7) is 2.01. The minimum absolute atomic E-state index is 0.155. The molecule has 142 valence electrons. The van der Waals surface area contributed by atoms with Crippen molar-refractivity contribution in [2.45, 2.75) is 51.6 Å². The van der Waals surface area contributed by atoms with Gasteiger partial charge in [0.05, 0.1) is 18.1 Å². The third-order valence-electron chi connectivity index (χ3n) is 6.76. The van der Waals surface area contributed by atoms with E-state index in [1.54, 1.807) is 0 Å². The van der Waals surface area contributed by atoms with Crippen molar-refractivity contribution in [3.63, 3.8) is 0 Å². The van der Waals surface area contributed by atoms with Gasteiger partial charge in [0.15, 0.2) is 0 Å². The maximum absolute atomic E-state index is 13.2. The quantitative estimate of drug-likeness (QED) is 0.630. The third kappa shape index (κ3) is 3.35. The number of hydrogen-bond donors (Lipinski definition) is 4. The Bertz CT molecular complexity index is 653. The Labute approximate surface area is 155 Å². The van der Waals surface area contributed by atoms with Gasteiger partial charge in [-0.2, -0.15) is 0 Å². The Hall–Kier alpha value is -1.59. The number of aryl methyl sites for hydroxylation is 1. The van der Waals surface area contributed by atoms with E-state index in [1.807, 2.05) is 25.1 Å². The van der Waals surface area contributed by atoms with Gasteiger partial charge in [0, 0.05) is 17.9 Å². The predicted molar refractivity (Wildman–Crippen MR) is 102 cm³/mol. The van der Waals surface area contributed by atoms with Crippen LogP contribution in [0.15, 0.2) is 18.2 Å². The highest BCUT2D eigenvalue weighted by atomic mass is 16.3. The first-order chi connectivity index (χ1) is 12.5. The average molecular weight is 358 g/mol. The Morgan fingerprint density at radius 1 is 1.19 bits per heavy atom. The van der Waals surface area contributed by atoms with Crippen LogP contribution in [0.25, 0.3) is 0 Å². The number of aliphatic hydroxyl groups excluding tert-OH is 2. The monoisotopic (exact) mass is 358 g/mol. The zero-order valence-electron chi connectivity index (χ0n) is 15.5. The molecule has 4 bridgehead atoms. The molecule has 1 atom stereocenters. The summed E-state index contributed by atoms with van der Waals surface area (Å²) < 4.78 is 0. The molecule has 5 heteroatoms. The summed E-state index contributed by atoms with van der Waals surface area (Å²) in [6, 6.07) is 5.83. The SMILES string of the molecule is Cc1ccc(NCC(O)CO)cc1NC(=O)C12CC3CC(CC(C3)C1)C2. The van der Waals surface area contributed by atoms with E-state index in [1.165, 1.54) is 19.3 Å². The number of carbonyl (C=O) groups excluding carboxylic acids is 1.